The average Bonchev–Trinajstić information content (AvgIpc) is 2.83. The van der Waals surface area contributed by atoms with Gasteiger partial charge in [0.2, 0.25) is 5.88 Å². The lowest BCUT2D eigenvalue weighted by Crippen LogP contribution is -2.33. The lowest BCUT2D eigenvalue weighted by Gasteiger charge is -2.22. The molecule has 2 atom stereocenters. The molecule has 2 aromatic heterocycles. The molecule has 4 heterocycles. The molecule has 0 bridgehead atoms. The van der Waals surface area contributed by atoms with Gasteiger partial charge in [-0.15, -0.1) is 0 Å². The van der Waals surface area contributed by atoms with Gasteiger partial charge in [-0.1, -0.05) is 23.4 Å². The molecule has 0 saturated carbocycles. The summed E-state index contributed by atoms with van der Waals surface area (Å²) < 4.78 is 33.8. The SMILES string of the molecule is CSc1nc2c3c(nc(Cl)c(F)c3n1)OC[C@@H]1C[C@@H](F)CN21. The molecule has 0 amide bonds. The van der Waals surface area contributed by atoms with Crippen molar-refractivity contribution in [2.24, 2.45) is 0 Å². The Kier molecular flexibility index (Phi) is 3.26. The lowest BCUT2D eigenvalue weighted by molar-refractivity contribution is 0.272. The molecule has 2 aliphatic heterocycles. The van der Waals surface area contributed by atoms with Crippen LogP contribution in [-0.4, -0.2) is 46.6 Å². The molecule has 0 N–H and O–H groups in total. The fourth-order valence-electron chi connectivity index (χ4n) is 2.93. The molecule has 5 nitrogen and oxygen atoms in total. The first-order valence-electron chi connectivity index (χ1n) is 6.72. The van der Waals surface area contributed by atoms with Crippen molar-refractivity contribution in [2.45, 2.75) is 23.8 Å². The summed E-state index contributed by atoms with van der Waals surface area (Å²) in [7, 11) is 0. The monoisotopic (exact) mass is 344 g/mol. The Hall–Kier alpha value is -1.41. The van der Waals surface area contributed by atoms with Gasteiger partial charge in [0, 0.05) is 6.42 Å². The summed E-state index contributed by atoms with van der Waals surface area (Å²) in [5.74, 6) is -0.0404. The van der Waals surface area contributed by atoms with Gasteiger partial charge in [-0.25, -0.2) is 18.7 Å². The van der Waals surface area contributed by atoms with Crippen LogP contribution in [0.25, 0.3) is 10.9 Å². The highest BCUT2D eigenvalue weighted by Gasteiger charge is 2.38. The van der Waals surface area contributed by atoms with Gasteiger partial charge in [0.1, 0.15) is 29.5 Å². The molecule has 0 unspecified atom stereocenters. The molecular formula is C13H11ClF2N4OS. The molecule has 22 heavy (non-hydrogen) atoms. The van der Waals surface area contributed by atoms with E-state index in [-0.39, 0.29) is 35.7 Å². The van der Waals surface area contributed by atoms with E-state index >= 15 is 0 Å². The minimum absolute atomic E-state index is 0.0623. The van der Waals surface area contributed by atoms with Crippen LogP contribution in [-0.2, 0) is 0 Å². The van der Waals surface area contributed by atoms with E-state index in [0.717, 1.165) is 0 Å². The van der Waals surface area contributed by atoms with Crippen LogP contribution in [0.3, 0.4) is 0 Å². The zero-order valence-corrected chi connectivity index (χ0v) is 13.1. The number of halogens is 3. The predicted octanol–water partition coefficient (Wildman–Crippen LogP) is 2.85. The number of anilines is 1. The number of fused-ring (bicyclic) bond motifs is 2. The topological polar surface area (TPSA) is 51.1 Å². The number of ether oxygens (including phenoxy) is 1. The zero-order chi connectivity index (χ0) is 15.4. The Bertz CT molecular complexity index is 778. The molecule has 0 aromatic carbocycles. The summed E-state index contributed by atoms with van der Waals surface area (Å²) in [6, 6.07) is -0.154. The van der Waals surface area contributed by atoms with Crippen LogP contribution >= 0.6 is 23.4 Å². The summed E-state index contributed by atoms with van der Waals surface area (Å²) in [6.45, 7) is 0.465. The first-order valence-corrected chi connectivity index (χ1v) is 8.33. The molecule has 2 aliphatic rings. The highest BCUT2D eigenvalue weighted by Crippen LogP contribution is 2.41. The van der Waals surface area contributed by atoms with Gasteiger partial charge in [0.25, 0.3) is 0 Å². The third kappa shape index (κ3) is 2.00. The molecule has 1 saturated heterocycles. The highest BCUT2D eigenvalue weighted by molar-refractivity contribution is 7.98. The molecule has 1 fully saturated rings. The van der Waals surface area contributed by atoms with Gasteiger partial charge in [-0.2, -0.15) is 4.98 Å². The quantitative estimate of drug-likeness (QED) is 0.450. The number of hydrogen-bond acceptors (Lipinski definition) is 6. The summed E-state index contributed by atoms with van der Waals surface area (Å²) in [5.41, 5.74) is 0.0623. The molecule has 116 valence electrons. The maximum Gasteiger partial charge on any atom is 0.228 e. The van der Waals surface area contributed by atoms with Crippen molar-refractivity contribution in [3.05, 3.63) is 11.0 Å². The van der Waals surface area contributed by atoms with E-state index in [1.807, 2.05) is 4.90 Å². The van der Waals surface area contributed by atoms with E-state index in [0.29, 0.717) is 22.8 Å². The summed E-state index contributed by atoms with van der Waals surface area (Å²) >= 11 is 7.12. The zero-order valence-electron chi connectivity index (χ0n) is 11.5. The second kappa shape index (κ2) is 5.06. The molecule has 9 heteroatoms. The second-order valence-corrected chi connectivity index (χ2v) is 6.36. The smallest absolute Gasteiger partial charge is 0.228 e. The van der Waals surface area contributed by atoms with Gasteiger partial charge < -0.3 is 9.64 Å². The maximum absolute atomic E-state index is 14.3. The van der Waals surface area contributed by atoms with Gasteiger partial charge in [-0.3, -0.25) is 0 Å². The second-order valence-electron chi connectivity index (χ2n) is 5.23. The lowest BCUT2D eigenvalue weighted by atomic mass is 10.2. The number of alkyl halides is 1. The van der Waals surface area contributed by atoms with E-state index < -0.39 is 12.0 Å². The van der Waals surface area contributed by atoms with Gasteiger partial charge in [0.05, 0.1) is 12.6 Å². The first-order chi connectivity index (χ1) is 10.6. The fourth-order valence-corrected chi connectivity index (χ4v) is 3.46. The molecular weight excluding hydrogens is 334 g/mol. The number of nitrogens with zero attached hydrogens (tertiary/aromatic N) is 4. The van der Waals surface area contributed by atoms with Crippen molar-refractivity contribution < 1.29 is 13.5 Å². The van der Waals surface area contributed by atoms with Crippen LogP contribution in [0.2, 0.25) is 5.15 Å². The summed E-state index contributed by atoms with van der Waals surface area (Å²) in [4.78, 5) is 14.4. The normalized spacial score (nSPS) is 23.4. The van der Waals surface area contributed by atoms with Gasteiger partial charge >= 0.3 is 0 Å². The number of thioether (sulfide) groups is 1. The predicted molar refractivity (Wildman–Crippen MR) is 80.2 cm³/mol. The number of rotatable bonds is 1. The Morgan fingerprint density at radius 2 is 2.18 bits per heavy atom. The summed E-state index contributed by atoms with van der Waals surface area (Å²) in [6.07, 6.45) is 1.19. The van der Waals surface area contributed by atoms with Crippen molar-refractivity contribution >= 4 is 40.1 Å². The number of pyridine rings is 1. The Morgan fingerprint density at radius 3 is 2.95 bits per heavy atom. The molecule has 0 spiro atoms. The van der Waals surface area contributed by atoms with Crippen molar-refractivity contribution in [1.29, 1.82) is 0 Å². The van der Waals surface area contributed by atoms with E-state index in [2.05, 4.69) is 15.0 Å². The summed E-state index contributed by atoms with van der Waals surface area (Å²) in [5, 5.41) is 0.471. The standard InChI is InChI=1S/C13H11ClF2N4OS/c1-22-13-17-9-7-11(19-13)20-3-5(15)2-6(20)4-21-12(7)18-10(14)8(9)16/h5-6H,2-4H2,1H3/t5-,6+/m1/s1. The van der Waals surface area contributed by atoms with Crippen LogP contribution < -0.4 is 9.64 Å². The molecule has 4 rings (SSSR count). The van der Waals surface area contributed by atoms with Crippen molar-refractivity contribution in [2.75, 3.05) is 24.3 Å². The Balaban J connectivity index is 2.05. The van der Waals surface area contributed by atoms with E-state index in [1.54, 1.807) is 6.26 Å². The Morgan fingerprint density at radius 1 is 1.36 bits per heavy atom. The average molecular weight is 345 g/mol. The van der Waals surface area contributed by atoms with E-state index in [4.69, 9.17) is 16.3 Å². The van der Waals surface area contributed by atoms with Crippen molar-refractivity contribution in [1.82, 2.24) is 15.0 Å². The number of hydrogen-bond donors (Lipinski definition) is 0. The van der Waals surface area contributed by atoms with E-state index in [9.17, 15) is 8.78 Å². The van der Waals surface area contributed by atoms with Crippen molar-refractivity contribution in [3.8, 4) is 5.88 Å². The van der Waals surface area contributed by atoms with Crippen LogP contribution in [0.1, 0.15) is 6.42 Å². The fraction of sp³-hybridized carbons (Fsp3) is 0.462. The maximum atomic E-state index is 14.3. The van der Waals surface area contributed by atoms with Gasteiger partial charge in [-0.05, 0) is 6.26 Å². The first kappa shape index (κ1) is 14.2. The molecule has 0 radical (unpaired) electrons. The van der Waals surface area contributed by atoms with Crippen molar-refractivity contribution in [3.63, 3.8) is 0 Å². The highest BCUT2D eigenvalue weighted by atomic mass is 35.5. The minimum atomic E-state index is -0.956. The third-order valence-corrected chi connectivity index (χ3v) is 4.70. The van der Waals surface area contributed by atoms with Crippen LogP contribution in [0.4, 0.5) is 14.6 Å². The third-order valence-electron chi connectivity index (χ3n) is 3.90. The van der Waals surface area contributed by atoms with Gasteiger partial charge in [0.15, 0.2) is 16.1 Å². The van der Waals surface area contributed by atoms with Crippen LogP contribution in [0.15, 0.2) is 5.16 Å². The number of aromatic nitrogens is 3. The largest absolute Gasteiger partial charge is 0.475 e. The molecule has 2 aromatic rings. The minimum Gasteiger partial charge on any atom is -0.475 e. The molecule has 0 aliphatic carbocycles. The van der Waals surface area contributed by atoms with E-state index in [1.165, 1.54) is 11.8 Å². The van der Waals surface area contributed by atoms with Crippen LogP contribution in [0, 0.1) is 5.82 Å². The Labute approximate surface area is 134 Å². The van der Waals surface area contributed by atoms with Crippen LogP contribution in [0.5, 0.6) is 5.88 Å².